The molecule has 0 aromatic heterocycles. The summed E-state index contributed by atoms with van der Waals surface area (Å²) in [5.41, 5.74) is 2.18. The lowest BCUT2D eigenvalue weighted by Crippen LogP contribution is -2.48. The minimum absolute atomic E-state index is 0.00259. The van der Waals surface area contributed by atoms with E-state index >= 15 is 0 Å². The van der Waals surface area contributed by atoms with E-state index in [0.717, 1.165) is 11.3 Å². The molecule has 1 heterocycles. The van der Waals surface area contributed by atoms with Crippen molar-refractivity contribution >= 4 is 17.3 Å². The van der Waals surface area contributed by atoms with Gasteiger partial charge in [0, 0.05) is 44.0 Å². The van der Waals surface area contributed by atoms with Crippen molar-refractivity contribution in [2.24, 2.45) is 0 Å². The molecule has 0 unspecified atom stereocenters. The highest BCUT2D eigenvalue weighted by atomic mass is 16.6. The molecule has 7 nitrogen and oxygen atoms in total. The topological polar surface area (TPSA) is 86.9 Å². The molecule has 2 aromatic rings. The number of aromatic hydroxyl groups is 1. The molecule has 1 N–H and O–H groups in total. The van der Waals surface area contributed by atoms with Crippen molar-refractivity contribution < 1.29 is 14.8 Å². The Morgan fingerprint density at radius 1 is 1.08 bits per heavy atom. The van der Waals surface area contributed by atoms with E-state index in [4.69, 9.17) is 0 Å². The number of non-ortho nitro benzene ring substituents is 1. The summed E-state index contributed by atoms with van der Waals surface area (Å²) in [7, 11) is 0. The summed E-state index contributed by atoms with van der Waals surface area (Å²) < 4.78 is 0. The SMILES string of the molecule is Cc1ccc(C(=O)N2CCN(c3ccc([N+](=O)[O-])cc3)CC2)c(O)c1. The van der Waals surface area contributed by atoms with Crippen molar-refractivity contribution in [3.8, 4) is 5.75 Å². The maximum atomic E-state index is 12.6. The number of anilines is 1. The second-order valence-corrected chi connectivity index (χ2v) is 6.07. The van der Waals surface area contributed by atoms with Gasteiger partial charge < -0.3 is 14.9 Å². The number of carbonyl (C=O) groups excluding carboxylic acids is 1. The minimum Gasteiger partial charge on any atom is -0.507 e. The molecule has 0 saturated carbocycles. The van der Waals surface area contributed by atoms with Crippen LogP contribution in [0.15, 0.2) is 42.5 Å². The van der Waals surface area contributed by atoms with Crippen molar-refractivity contribution in [2.75, 3.05) is 31.1 Å². The summed E-state index contributed by atoms with van der Waals surface area (Å²) in [6, 6.07) is 11.5. The highest BCUT2D eigenvalue weighted by Crippen LogP contribution is 2.23. The number of hydrogen-bond donors (Lipinski definition) is 1. The summed E-state index contributed by atoms with van der Waals surface area (Å²) in [6.07, 6.45) is 0. The Labute approximate surface area is 145 Å². The van der Waals surface area contributed by atoms with Crippen molar-refractivity contribution in [3.05, 3.63) is 63.7 Å². The number of carbonyl (C=O) groups is 1. The lowest BCUT2D eigenvalue weighted by molar-refractivity contribution is -0.384. The number of phenolic OH excluding ortho intramolecular Hbond substituents is 1. The van der Waals surface area contributed by atoms with E-state index in [1.807, 2.05) is 6.92 Å². The van der Waals surface area contributed by atoms with Crippen LogP contribution in [0, 0.1) is 17.0 Å². The van der Waals surface area contributed by atoms with Crippen molar-refractivity contribution in [3.63, 3.8) is 0 Å². The van der Waals surface area contributed by atoms with Gasteiger partial charge >= 0.3 is 0 Å². The maximum Gasteiger partial charge on any atom is 0.269 e. The summed E-state index contributed by atoms with van der Waals surface area (Å²) in [6.45, 7) is 4.19. The highest BCUT2D eigenvalue weighted by molar-refractivity contribution is 5.97. The van der Waals surface area contributed by atoms with Crippen LogP contribution in [0.5, 0.6) is 5.75 Å². The van der Waals surface area contributed by atoms with E-state index in [1.54, 1.807) is 35.2 Å². The van der Waals surface area contributed by atoms with Gasteiger partial charge in [-0.1, -0.05) is 6.07 Å². The normalized spacial score (nSPS) is 14.4. The first-order valence-corrected chi connectivity index (χ1v) is 8.04. The van der Waals surface area contributed by atoms with Crippen LogP contribution < -0.4 is 4.90 Å². The number of hydrogen-bond acceptors (Lipinski definition) is 5. The summed E-state index contributed by atoms with van der Waals surface area (Å²) >= 11 is 0. The molecule has 1 amide bonds. The van der Waals surface area contributed by atoms with Gasteiger partial charge in [-0.25, -0.2) is 0 Å². The molecule has 1 saturated heterocycles. The Hall–Kier alpha value is -3.09. The number of nitro groups is 1. The van der Waals surface area contributed by atoms with Gasteiger partial charge in [0.25, 0.3) is 11.6 Å². The molecular formula is C18H19N3O4. The second kappa shape index (κ2) is 6.80. The fourth-order valence-corrected chi connectivity index (χ4v) is 2.95. The van der Waals surface area contributed by atoms with Gasteiger partial charge in [-0.3, -0.25) is 14.9 Å². The van der Waals surface area contributed by atoms with Crippen LogP contribution in [-0.2, 0) is 0 Å². The number of piperazine rings is 1. The second-order valence-electron chi connectivity index (χ2n) is 6.07. The van der Waals surface area contributed by atoms with Crippen LogP contribution in [0.4, 0.5) is 11.4 Å². The average Bonchev–Trinajstić information content (AvgIpc) is 2.61. The zero-order valence-electron chi connectivity index (χ0n) is 13.9. The quantitative estimate of drug-likeness (QED) is 0.685. The molecular weight excluding hydrogens is 322 g/mol. The van der Waals surface area contributed by atoms with Gasteiger partial charge in [0.1, 0.15) is 5.75 Å². The van der Waals surface area contributed by atoms with Crippen LogP contribution in [0.3, 0.4) is 0 Å². The molecule has 0 atom stereocenters. The monoisotopic (exact) mass is 341 g/mol. The van der Waals surface area contributed by atoms with Crippen LogP contribution in [0.25, 0.3) is 0 Å². The Morgan fingerprint density at radius 3 is 2.28 bits per heavy atom. The molecule has 1 aliphatic heterocycles. The van der Waals surface area contributed by atoms with Gasteiger partial charge in [-0.2, -0.15) is 0 Å². The van der Waals surface area contributed by atoms with Gasteiger partial charge in [0.2, 0.25) is 0 Å². The molecule has 0 spiro atoms. The average molecular weight is 341 g/mol. The fraction of sp³-hybridized carbons (Fsp3) is 0.278. The lowest BCUT2D eigenvalue weighted by Gasteiger charge is -2.36. The molecule has 0 radical (unpaired) electrons. The number of nitrogens with zero attached hydrogens (tertiary/aromatic N) is 3. The molecule has 2 aromatic carbocycles. The Balaban J connectivity index is 1.65. The van der Waals surface area contributed by atoms with Crippen LogP contribution in [0.2, 0.25) is 0 Å². The summed E-state index contributed by atoms with van der Waals surface area (Å²) in [5.74, 6) is -0.177. The predicted molar refractivity (Wildman–Crippen MR) is 94.1 cm³/mol. The number of benzene rings is 2. The third kappa shape index (κ3) is 3.55. The first-order chi connectivity index (χ1) is 12.0. The van der Waals surface area contributed by atoms with E-state index in [0.29, 0.717) is 31.7 Å². The standard InChI is InChI=1S/C18H19N3O4/c1-13-2-7-16(17(22)12-13)18(23)20-10-8-19(9-11-20)14-3-5-15(6-4-14)21(24)25/h2-7,12,22H,8-11H2,1H3. The first-order valence-electron chi connectivity index (χ1n) is 8.04. The number of rotatable bonds is 3. The minimum atomic E-state index is -0.422. The predicted octanol–water partition coefficient (Wildman–Crippen LogP) is 2.57. The lowest BCUT2D eigenvalue weighted by atomic mass is 10.1. The molecule has 0 aliphatic carbocycles. The molecule has 1 fully saturated rings. The Bertz CT molecular complexity index is 796. The molecule has 25 heavy (non-hydrogen) atoms. The van der Waals surface area contributed by atoms with Gasteiger partial charge in [0.05, 0.1) is 10.5 Å². The molecule has 0 bridgehead atoms. The van der Waals surface area contributed by atoms with E-state index in [9.17, 15) is 20.0 Å². The summed E-state index contributed by atoms with van der Waals surface area (Å²) in [4.78, 5) is 26.7. The smallest absolute Gasteiger partial charge is 0.269 e. The number of aryl methyl sites for hydroxylation is 1. The first kappa shape index (κ1) is 16.8. The Morgan fingerprint density at radius 2 is 1.72 bits per heavy atom. The van der Waals surface area contributed by atoms with Crippen molar-refractivity contribution in [1.29, 1.82) is 0 Å². The van der Waals surface area contributed by atoms with E-state index in [2.05, 4.69) is 4.90 Å². The third-order valence-corrected chi connectivity index (χ3v) is 4.38. The van der Waals surface area contributed by atoms with E-state index in [-0.39, 0.29) is 17.3 Å². The van der Waals surface area contributed by atoms with Gasteiger partial charge in [-0.15, -0.1) is 0 Å². The Kier molecular flexibility index (Phi) is 4.56. The van der Waals surface area contributed by atoms with Crippen molar-refractivity contribution in [1.82, 2.24) is 4.90 Å². The van der Waals surface area contributed by atoms with Gasteiger partial charge in [0.15, 0.2) is 0 Å². The number of amides is 1. The summed E-state index contributed by atoms with van der Waals surface area (Å²) in [5, 5.41) is 20.7. The highest BCUT2D eigenvalue weighted by Gasteiger charge is 2.24. The molecule has 130 valence electrons. The molecule has 7 heteroatoms. The van der Waals surface area contributed by atoms with Crippen molar-refractivity contribution in [2.45, 2.75) is 6.92 Å². The zero-order chi connectivity index (χ0) is 18.0. The van der Waals surface area contributed by atoms with Gasteiger partial charge in [-0.05, 0) is 36.8 Å². The van der Waals surface area contributed by atoms with E-state index in [1.165, 1.54) is 12.1 Å². The molecule has 1 aliphatic rings. The van der Waals surface area contributed by atoms with Crippen LogP contribution in [-0.4, -0.2) is 47.0 Å². The number of phenols is 1. The molecule has 3 rings (SSSR count). The number of nitro benzene ring substituents is 1. The van der Waals surface area contributed by atoms with Crippen LogP contribution >= 0.6 is 0 Å². The third-order valence-electron chi connectivity index (χ3n) is 4.38. The van der Waals surface area contributed by atoms with Crippen LogP contribution in [0.1, 0.15) is 15.9 Å². The zero-order valence-corrected chi connectivity index (χ0v) is 13.9. The fourth-order valence-electron chi connectivity index (χ4n) is 2.95. The maximum absolute atomic E-state index is 12.6. The largest absolute Gasteiger partial charge is 0.507 e. The van der Waals surface area contributed by atoms with E-state index < -0.39 is 4.92 Å².